The van der Waals surface area contributed by atoms with E-state index >= 15 is 0 Å². The summed E-state index contributed by atoms with van der Waals surface area (Å²) in [6, 6.07) is 12.8. The Kier molecular flexibility index (Phi) is 15.7. The summed E-state index contributed by atoms with van der Waals surface area (Å²) >= 11 is 6.36. The van der Waals surface area contributed by atoms with Crippen molar-refractivity contribution >= 4 is 69.9 Å². The number of nitriles is 1. The molecule has 1 saturated heterocycles. The number of nitrogens with zero attached hydrogens (tertiary/aromatic N) is 5. The first-order chi connectivity index (χ1) is 29.3. The number of anilines is 6. The number of aryl methyl sites for hydroxylation is 2. The molecule has 0 radical (unpaired) electrons. The smallest absolute Gasteiger partial charge is 0.370 e. The quantitative estimate of drug-likeness (QED) is 0.0991. The molecule has 0 saturated carbocycles. The van der Waals surface area contributed by atoms with Gasteiger partial charge in [-0.25, -0.2) is 4.98 Å². The molecular formula is C38H29ClF12N8O4. The van der Waals surface area contributed by atoms with E-state index in [-0.39, 0.29) is 29.5 Å². The van der Waals surface area contributed by atoms with Gasteiger partial charge in [0.1, 0.15) is 11.1 Å². The van der Waals surface area contributed by atoms with Crippen LogP contribution in [0.15, 0.2) is 61.1 Å². The van der Waals surface area contributed by atoms with Crippen molar-refractivity contribution < 1.29 is 71.9 Å². The number of benzene rings is 2. The highest BCUT2D eigenvalue weighted by Gasteiger charge is 2.54. The average Bonchev–Trinajstić information content (AvgIpc) is 3.21. The second kappa shape index (κ2) is 20.1. The molecule has 6 bridgehead atoms. The summed E-state index contributed by atoms with van der Waals surface area (Å²) in [7, 11) is 0. The number of hydrogen-bond acceptors (Lipinski definition) is 11. The van der Waals surface area contributed by atoms with Crippen molar-refractivity contribution in [1.29, 1.82) is 5.26 Å². The third-order valence-electron chi connectivity index (χ3n) is 8.85. The van der Waals surface area contributed by atoms with Gasteiger partial charge in [0.25, 0.3) is 0 Å². The number of rotatable bonds is 5. The number of aromatic nitrogens is 3. The van der Waals surface area contributed by atoms with Crippen LogP contribution in [0.4, 0.5) is 87.2 Å². The number of carbonyl (C=O) groups excluding carboxylic acids is 4. The standard InChI is InChI=1S/C32H28ClF3N8O.C4F6O2.C2HF3O/c33-26-18-39-31-41-25-11-20(16-38-17-25)1-2-21-13-24(40-30(26)43-31)5-6-27(21)42-29(45)12-19-7-9-44(10-8-19)28-14-23(32(34,35)36)4-3-22(28)15-37;5-3(6,7)1(11)2(12)4(8,9)10;3-2(4,5)1-6/h3-6,11,13-14,16-19H,1-2,7-10,12H2,(H,42,45)(H2,39,40,41,43);;1H. The van der Waals surface area contributed by atoms with Gasteiger partial charge in [-0.3, -0.25) is 24.2 Å². The molecule has 2 aromatic carbocycles. The molecule has 336 valence electrons. The largest absolute Gasteiger partial charge is 0.458 e. The summed E-state index contributed by atoms with van der Waals surface area (Å²) in [6.07, 6.45) is -13.9. The van der Waals surface area contributed by atoms with Crippen molar-refractivity contribution in [3.05, 3.63) is 88.3 Å². The van der Waals surface area contributed by atoms with Gasteiger partial charge >= 0.3 is 36.3 Å². The van der Waals surface area contributed by atoms with Crippen molar-refractivity contribution in [2.45, 2.75) is 56.8 Å². The van der Waals surface area contributed by atoms with E-state index < -0.39 is 48.1 Å². The first kappa shape index (κ1) is 49.1. The Morgan fingerprint density at radius 2 is 1.48 bits per heavy atom. The van der Waals surface area contributed by atoms with Crippen LogP contribution < -0.4 is 20.9 Å². The fourth-order valence-electron chi connectivity index (χ4n) is 5.92. The monoisotopic (exact) mass is 924 g/mol. The number of fused-ring (bicyclic) bond motifs is 6. The molecule has 25 heteroatoms. The van der Waals surface area contributed by atoms with E-state index in [2.05, 4.69) is 30.9 Å². The van der Waals surface area contributed by atoms with Gasteiger partial charge in [0.05, 0.1) is 34.9 Å². The van der Waals surface area contributed by atoms with Gasteiger partial charge in [-0.15, -0.1) is 0 Å². The van der Waals surface area contributed by atoms with Gasteiger partial charge in [0.15, 0.2) is 5.82 Å². The minimum absolute atomic E-state index is 0.0546. The predicted octanol–water partition coefficient (Wildman–Crippen LogP) is 9.24. The molecule has 0 atom stereocenters. The first-order valence-electron chi connectivity index (χ1n) is 17.8. The van der Waals surface area contributed by atoms with Crippen molar-refractivity contribution in [2.75, 3.05) is 33.9 Å². The number of nitrogens with one attached hydrogen (secondary N) is 3. The molecule has 4 aromatic rings. The summed E-state index contributed by atoms with van der Waals surface area (Å²) in [5.41, 5.74) is 3.79. The van der Waals surface area contributed by atoms with Gasteiger partial charge in [0, 0.05) is 37.1 Å². The fourth-order valence-corrected chi connectivity index (χ4v) is 6.05. The van der Waals surface area contributed by atoms with Gasteiger partial charge in [0.2, 0.25) is 18.1 Å². The lowest BCUT2D eigenvalue weighted by Gasteiger charge is -2.34. The van der Waals surface area contributed by atoms with E-state index in [4.69, 9.17) is 16.4 Å². The topological polar surface area (TPSA) is 170 Å². The summed E-state index contributed by atoms with van der Waals surface area (Å²) in [5.74, 6) is -6.10. The van der Waals surface area contributed by atoms with E-state index in [0.717, 1.165) is 34.6 Å². The molecule has 6 rings (SSSR count). The molecule has 0 unspecified atom stereocenters. The number of halogens is 13. The highest BCUT2D eigenvalue weighted by atomic mass is 35.5. The Bertz CT molecular complexity index is 2330. The zero-order valence-corrected chi connectivity index (χ0v) is 32.4. The van der Waals surface area contributed by atoms with Crippen molar-refractivity contribution in [2.24, 2.45) is 5.92 Å². The van der Waals surface area contributed by atoms with Crippen LogP contribution in [-0.2, 0) is 38.2 Å². The Morgan fingerprint density at radius 1 is 0.841 bits per heavy atom. The Labute approximate surface area is 352 Å². The number of piperidine rings is 1. The van der Waals surface area contributed by atoms with Crippen molar-refractivity contribution in [3.63, 3.8) is 0 Å². The molecule has 4 heterocycles. The number of amides is 1. The number of pyridine rings is 1. The number of carbonyl (C=O) groups is 4. The SMILES string of the molecule is N#Cc1ccc(C(F)(F)F)cc1N1CCC(CC(=O)Nc2ccc3cc2CCc2cncc(c2)Nc2ncc(Cl)c(n2)N3)CC1.O=C(C(=O)C(F)(F)F)C(F)(F)F.O=CC(F)(F)F. The van der Waals surface area contributed by atoms with E-state index in [9.17, 15) is 72.3 Å². The molecule has 1 amide bonds. The van der Waals surface area contributed by atoms with Crippen LogP contribution in [0.2, 0.25) is 5.02 Å². The molecule has 1 fully saturated rings. The molecule has 3 N–H and O–H groups in total. The highest BCUT2D eigenvalue weighted by molar-refractivity contribution is 6.41. The molecule has 0 aliphatic carbocycles. The third kappa shape index (κ3) is 14.5. The summed E-state index contributed by atoms with van der Waals surface area (Å²) in [4.78, 5) is 56.0. The van der Waals surface area contributed by atoms with Gasteiger partial charge < -0.3 is 20.9 Å². The number of hydrogen-bond donors (Lipinski definition) is 3. The second-order valence-electron chi connectivity index (χ2n) is 13.4. The molecule has 2 aliphatic heterocycles. The Balaban J connectivity index is 0.000000407. The van der Waals surface area contributed by atoms with E-state index in [1.165, 1.54) is 12.3 Å². The molecule has 2 aliphatic rings. The summed E-state index contributed by atoms with van der Waals surface area (Å²) < 4.78 is 138. The lowest BCUT2D eigenvalue weighted by molar-refractivity contribution is -0.193. The maximum Gasteiger partial charge on any atom is 0.458 e. The van der Waals surface area contributed by atoms with Crippen LogP contribution in [0.1, 0.15) is 41.5 Å². The zero-order valence-electron chi connectivity index (χ0n) is 31.7. The van der Waals surface area contributed by atoms with Crippen LogP contribution in [0.5, 0.6) is 0 Å². The van der Waals surface area contributed by atoms with Crippen LogP contribution in [0.25, 0.3) is 0 Å². The van der Waals surface area contributed by atoms with Crippen molar-refractivity contribution in [1.82, 2.24) is 15.0 Å². The van der Waals surface area contributed by atoms with E-state index in [1.54, 1.807) is 17.3 Å². The number of ketones is 2. The van der Waals surface area contributed by atoms with Gasteiger partial charge in [-0.2, -0.15) is 62.9 Å². The number of Topliss-reactive ketones (excluding diaryl/α,β-unsaturated/α-hetero) is 2. The zero-order chi connectivity index (χ0) is 46.9. The average molecular weight is 925 g/mol. The van der Waals surface area contributed by atoms with Crippen LogP contribution in [0.3, 0.4) is 0 Å². The Morgan fingerprint density at radius 3 is 2.05 bits per heavy atom. The van der Waals surface area contributed by atoms with Gasteiger partial charge in [-0.05, 0) is 85.2 Å². The van der Waals surface area contributed by atoms with Crippen LogP contribution >= 0.6 is 11.6 Å². The molecular weight excluding hydrogens is 896 g/mol. The van der Waals surface area contributed by atoms with Crippen LogP contribution in [0, 0.1) is 17.2 Å². The maximum absolute atomic E-state index is 13.3. The predicted molar refractivity (Wildman–Crippen MR) is 200 cm³/mol. The third-order valence-corrected chi connectivity index (χ3v) is 9.13. The summed E-state index contributed by atoms with van der Waals surface area (Å²) in [5, 5.41) is 19.3. The van der Waals surface area contributed by atoms with Crippen LogP contribution in [-0.4, -0.2) is 70.3 Å². The first-order valence-corrected chi connectivity index (χ1v) is 18.2. The normalized spacial score (nSPS) is 14.2. The lowest BCUT2D eigenvalue weighted by atomic mass is 9.92. The Hall–Kier alpha value is -6.51. The lowest BCUT2D eigenvalue weighted by Crippen LogP contribution is -2.39. The number of aldehydes is 1. The second-order valence-corrected chi connectivity index (χ2v) is 13.8. The molecule has 12 nitrogen and oxygen atoms in total. The van der Waals surface area contributed by atoms with E-state index in [1.807, 2.05) is 30.3 Å². The number of alkyl halides is 12. The highest BCUT2D eigenvalue weighted by Crippen LogP contribution is 2.36. The summed E-state index contributed by atoms with van der Waals surface area (Å²) in [6.45, 7) is 0.906. The fraction of sp³-hybridized carbons (Fsp3) is 0.316. The van der Waals surface area contributed by atoms with Crippen molar-refractivity contribution in [3.8, 4) is 6.07 Å². The molecule has 2 aromatic heterocycles. The minimum atomic E-state index is -5.77. The molecule has 63 heavy (non-hydrogen) atoms. The minimum Gasteiger partial charge on any atom is -0.370 e. The van der Waals surface area contributed by atoms with E-state index in [0.29, 0.717) is 61.2 Å². The van der Waals surface area contributed by atoms with Gasteiger partial charge in [-0.1, -0.05) is 11.6 Å². The maximum atomic E-state index is 13.3. The molecule has 0 spiro atoms.